The minimum Gasteiger partial charge on any atom is -0.449 e. The largest absolute Gasteiger partial charge is 0.449 e. The van der Waals surface area contributed by atoms with Gasteiger partial charge in [-0.1, -0.05) is 0 Å². The molecule has 2 rings (SSSR count). The molecule has 1 atom stereocenters. The summed E-state index contributed by atoms with van der Waals surface area (Å²) in [5.41, 5.74) is 0. The Bertz CT molecular complexity index is 195. The Kier molecular flexibility index (Phi) is 4.48. The highest BCUT2D eigenvalue weighted by molar-refractivity contribution is 5.85. The van der Waals surface area contributed by atoms with Crippen molar-refractivity contribution in [3.63, 3.8) is 0 Å². The van der Waals surface area contributed by atoms with E-state index in [1.54, 1.807) is 0 Å². The first-order valence-corrected chi connectivity index (χ1v) is 5.02. The molecule has 0 bridgehead atoms. The summed E-state index contributed by atoms with van der Waals surface area (Å²) in [5.74, 6) is 0. The second kappa shape index (κ2) is 5.41. The fourth-order valence-electron chi connectivity index (χ4n) is 2.00. The quantitative estimate of drug-likeness (QED) is 0.717. The molecule has 5 heteroatoms. The Balaban J connectivity index is 0.000000980. The first-order chi connectivity index (χ1) is 6.38. The van der Waals surface area contributed by atoms with E-state index in [0.717, 1.165) is 38.9 Å². The van der Waals surface area contributed by atoms with E-state index in [1.165, 1.54) is 0 Å². The predicted octanol–water partition coefficient (Wildman–Crippen LogP) is 1.00. The monoisotopic (exact) mass is 220 g/mol. The van der Waals surface area contributed by atoms with E-state index in [2.05, 4.69) is 5.32 Å². The molecular weight excluding hydrogens is 204 g/mol. The lowest BCUT2D eigenvalue weighted by Crippen LogP contribution is -2.51. The highest BCUT2D eigenvalue weighted by atomic mass is 35.5. The molecule has 0 spiro atoms. The SMILES string of the molecule is Cl.O=C1OCCCN1[C@@H]1CCCNC1. The van der Waals surface area contributed by atoms with Gasteiger partial charge in [-0.05, 0) is 25.8 Å². The summed E-state index contributed by atoms with van der Waals surface area (Å²) >= 11 is 0. The first-order valence-electron chi connectivity index (χ1n) is 5.02. The number of carbonyl (C=O) groups excluding carboxylic acids is 1. The number of hydrogen-bond donors (Lipinski definition) is 1. The first kappa shape index (κ1) is 11.6. The number of carbonyl (C=O) groups is 1. The zero-order valence-corrected chi connectivity index (χ0v) is 9.02. The van der Waals surface area contributed by atoms with Crippen molar-refractivity contribution in [2.75, 3.05) is 26.2 Å². The Labute approximate surface area is 90.4 Å². The van der Waals surface area contributed by atoms with Gasteiger partial charge in [0.05, 0.1) is 6.61 Å². The lowest BCUT2D eigenvalue weighted by Gasteiger charge is -2.36. The summed E-state index contributed by atoms with van der Waals surface area (Å²) in [5, 5.41) is 3.30. The Morgan fingerprint density at radius 3 is 2.93 bits per heavy atom. The molecule has 2 aliphatic heterocycles. The molecule has 0 unspecified atom stereocenters. The maximum absolute atomic E-state index is 11.4. The van der Waals surface area contributed by atoms with Crippen LogP contribution in [0.2, 0.25) is 0 Å². The van der Waals surface area contributed by atoms with Crippen LogP contribution in [0, 0.1) is 0 Å². The molecule has 14 heavy (non-hydrogen) atoms. The lowest BCUT2D eigenvalue weighted by molar-refractivity contribution is 0.0498. The van der Waals surface area contributed by atoms with Crippen LogP contribution in [0.4, 0.5) is 4.79 Å². The maximum Gasteiger partial charge on any atom is 0.410 e. The number of nitrogens with one attached hydrogen (secondary N) is 1. The summed E-state index contributed by atoms with van der Waals surface area (Å²) in [6.07, 6.45) is 3.12. The highest BCUT2D eigenvalue weighted by Gasteiger charge is 2.28. The molecule has 1 amide bonds. The smallest absolute Gasteiger partial charge is 0.410 e. The van der Waals surface area contributed by atoms with Crippen LogP contribution in [0.5, 0.6) is 0 Å². The van der Waals surface area contributed by atoms with Crippen molar-refractivity contribution < 1.29 is 9.53 Å². The van der Waals surface area contributed by atoms with E-state index in [1.807, 2.05) is 4.90 Å². The Morgan fingerprint density at radius 2 is 2.29 bits per heavy atom. The molecule has 0 saturated carbocycles. The number of nitrogens with zero attached hydrogens (tertiary/aromatic N) is 1. The van der Waals surface area contributed by atoms with Crippen LogP contribution >= 0.6 is 12.4 Å². The summed E-state index contributed by atoms with van der Waals surface area (Å²) in [6.45, 7) is 3.47. The van der Waals surface area contributed by atoms with Crippen LogP contribution in [0.25, 0.3) is 0 Å². The highest BCUT2D eigenvalue weighted by Crippen LogP contribution is 2.15. The van der Waals surface area contributed by atoms with Crippen LogP contribution in [-0.4, -0.2) is 43.3 Å². The fraction of sp³-hybridized carbons (Fsp3) is 0.889. The molecule has 2 fully saturated rings. The van der Waals surface area contributed by atoms with Gasteiger partial charge in [0.1, 0.15) is 0 Å². The molecule has 82 valence electrons. The van der Waals surface area contributed by atoms with Crippen molar-refractivity contribution in [2.24, 2.45) is 0 Å². The average molecular weight is 221 g/mol. The molecule has 0 aromatic carbocycles. The third-order valence-electron chi connectivity index (χ3n) is 2.72. The van der Waals surface area contributed by atoms with Crippen molar-refractivity contribution in [2.45, 2.75) is 25.3 Å². The van der Waals surface area contributed by atoms with Gasteiger partial charge in [-0.15, -0.1) is 12.4 Å². The van der Waals surface area contributed by atoms with E-state index in [0.29, 0.717) is 12.6 Å². The minimum atomic E-state index is -0.125. The molecule has 0 aliphatic carbocycles. The second-order valence-electron chi connectivity index (χ2n) is 3.66. The van der Waals surface area contributed by atoms with Crippen LogP contribution in [-0.2, 0) is 4.74 Å². The van der Waals surface area contributed by atoms with Crippen molar-refractivity contribution in [1.82, 2.24) is 10.2 Å². The standard InChI is InChI=1S/C9H16N2O2.ClH/c12-9-11(5-2-6-13-9)8-3-1-4-10-7-8;/h8,10H,1-7H2;1H/t8-;/m1./s1. The van der Waals surface area contributed by atoms with Crippen LogP contribution < -0.4 is 5.32 Å². The predicted molar refractivity (Wildman–Crippen MR) is 55.8 cm³/mol. The Morgan fingerprint density at radius 1 is 1.43 bits per heavy atom. The molecule has 2 saturated heterocycles. The molecular formula is C9H17ClN2O2. The van der Waals surface area contributed by atoms with E-state index >= 15 is 0 Å². The summed E-state index contributed by atoms with van der Waals surface area (Å²) in [7, 11) is 0. The number of rotatable bonds is 1. The summed E-state index contributed by atoms with van der Waals surface area (Å²) in [6, 6.07) is 0.363. The minimum absolute atomic E-state index is 0. The fourth-order valence-corrected chi connectivity index (χ4v) is 2.00. The molecule has 0 aromatic heterocycles. The van der Waals surface area contributed by atoms with E-state index in [-0.39, 0.29) is 18.5 Å². The third kappa shape index (κ3) is 2.51. The van der Waals surface area contributed by atoms with E-state index in [9.17, 15) is 4.79 Å². The van der Waals surface area contributed by atoms with Gasteiger partial charge in [0.15, 0.2) is 0 Å². The van der Waals surface area contributed by atoms with Crippen molar-refractivity contribution in [3.05, 3.63) is 0 Å². The maximum atomic E-state index is 11.4. The Hall–Kier alpha value is -0.480. The summed E-state index contributed by atoms with van der Waals surface area (Å²) < 4.78 is 5.00. The third-order valence-corrected chi connectivity index (χ3v) is 2.72. The zero-order chi connectivity index (χ0) is 9.10. The van der Waals surface area contributed by atoms with E-state index in [4.69, 9.17) is 4.74 Å². The number of ether oxygens (including phenoxy) is 1. The van der Waals surface area contributed by atoms with Gasteiger partial charge in [0.2, 0.25) is 0 Å². The van der Waals surface area contributed by atoms with Crippen LogP contribution in [0.15, 0.2) is 0 Å². The zero-order valence-electron chi connectivity index (χ0n) is 8.20. The average Bonchev–Trinajstić information content (AvgIpc) is 2.20. The molecule has 2 aliphatic rings. The number of amides is 1. The molecule has 1 N–H and O–H groups in total. The van der Waals surface area contributed by atoms with Gasteiger partial charge in [0, 0.05) is 19.1 Å². The second-order valence-corrected chi connectivity index (χ2v) is 3.66. The normalized spacial score (nSPS) is 27.9. The van der Waals surface area contributed by atoms with Crippen molar-refractivity contribution in [3.8, 4) is 0 Å². The van der Waals surface area contributed by atoms with Gasteiger partial charge < -0.3 is 15.0 Å². The van der Waals surface area contributed by atoms with Crippen molar-refractivity contribution in [1.29, 1.82) is 0 Å². The number of cyclic esters (lactones) is 1. The van der Waals surface area contributed by atoms with Gasteiger partial charge in [-0.2, -0.15) is 0 Å². The number of hydrogen-bond acceptors (Lipinski definition) is 3. The number of piperidine rings is 1. The van der Waals surface area contributed by atoms with Crippen LogP contribution in [0.3, 0.4) is 0 Å². The van der Waals surface area contributed by atoms with Gasteiger partial charge >= 0.3 is 6.09 Å². The molecule has 2 heterocycles. The van der Waals surface area contributed by atoms with E-state index < -0.39 is 0 Å². The topological polar surface area (TPSA) is 41.6 Å². The number of halogens is 1. The van der Waals surface area contributed by atoms with Crippen LogP contribution in [0.1, 0.15) is 19.3 Å². The lowest BCUT2D eigenvalue weighted by atomic mass is 10.1. The molecule has 4 nitrogen and oxygen atoms in total. The molecule has 0 aromatic rings. The molecule has 0 radical (unpaired) electrons. The van der Waals surface area contributed by atoms with Gasteiger partial charge in [0.25, 0.3) is 0 Å². The van der Waals surface area contributed by atoms with Gasteiger partial charge in [-0.3, -0.25) is 0 Å². The van der Waals surface area contributed by atoms with Gasteiger partial charge in [-0.25, -0.2) is 4.79 Å². The van der Waals surface area contributed by atoms with Crippen molar-refractivity contribution >= 4 is 18.5 Å². The summed E-state index contributed by atoms with van der Waals surface area (Å²) in [4.78, 5) is 13.2.